The number of nitrogens with one attached hydrogen (secondary N) is 2. The lowest BCUT2D eigenvalue weighted by Gasteiger charge is -2.04. The number of carbonyl (C=O) groups is 2. The van der Waals surface area contributed by atoms with Gasteiger partial charge >= 0.3 is 0 Å². The van der Waals surface area contributed by atoms with E-state index in [0.717, 1.165) is 0 Å². The second-order valence-electron chi connectivity index (χ2n) is 3.19. The van der Waals surface area contributed by atoms with Gasteiger partial charge < -0.3 is 16.4 Å². The number of rotatable bonds is 6. The molecule has 1 heterocycles. The molecule has 16 heavy (non-hydrogen) atoms. The highest BCUT2D eigenvalue weighted by Crippen LogP contribution is 2.03. The molecule has 1 aromatic heterocycles. The van der Waals surface area contributed by atoms with E-state index in [4.69, 9.17) is 5.73 Å². The number of hydrogen-bond acceptors (Lipinski definition) is 4. The Bertz CT molecular complexity index is 368. The van der Waals surface area contributed by atoms with Gasteiger partial charge in [0.25, 0.3) is 5.91 Å². The van der Waals surface area contributed by atoms with Crippen molar-refractivity contribution in [3.05, 3.63) is 24.0 Å². The molecule has 0 spiro atoms. The van der Waals surface area contributed by atoms with Crippen LogP contribution in [0.25, 0.3) is 0 Å². The third-order valence-corrected chi connectivity index (χ3v) is 1.89. The highest BCUT2D eigenvalue weighted by atomic mass is 16.1. The van der Waals surface area contributed by atoms with Gasteiger partial charge in [0.2, 0.25) is 6.41 Å². The van der Waals surface area contributed by atoms with Crippen LogP contribution in [0.1, 0.15) is 16.8 Å². The van der Waals surface area contributed by atoms with Gasteiger partial charge in [0.1, 0.15) is 0 Å². The normalized spacial score (nSPS) is 9.50. The summed E-state index contributed by atoms with van der Waals surface area (Å²) in [5.41, 5.74) is 6.39. The van der Waals surface area contributed by atoms with Gasteiger partial charge in [-0.3, -0.25) is 14.6 Å². The van der Waals surface area contributed by atoms with Gasteiger partial charge in [0.05, 0.1) is 11.3 Å². The second-order valence-corrected chi connectivity index (χ2v) is 3.19. The van der Waals surface area contributed by atoms with Gasteiger partial charge in [-0.2, -0.15) is 0 Å². The molecule has 1 rings (SSSR count). The van der Waals surface area contributed by atoms with Gasteiger partial charge in [0, 0.05) is 25.5 Å². The molecule has 0 bridgehead atoms. The average Bonchev–Trinajstić information content (AvgIpc) is 2.28. The Morgan fingerprint density at radius 1 is 1.44 bits per heavy atom. The van der Waals surface area contributed by atoms with Crippen LogP contribution in [0.5, 0.6) is 0 Å². The smallest absolute Gasteiger partial charge is 0.252 e. The summed E-state index contributed by atoms with van der Waals surface area (Å²) in [6, 6.07) is 1.56. The summed E-state index contributed by atoms with van der Waals surface area (Å²) in [5, 5.41) is 5.20. The fraction of sp³-hybridized carbons (Fsp3) is 0.300. The highest BCUT2D eigenvalue weighted by Gasteiger charge is 2.04. The van der Waals surface area contributed by atoms with Crippen LogP contribution in [0.3, 0.4) is 0 Å². The zero-order chi connectivity index (χ0) is 11.8. The van der Waals surface area contributed by atoms with Crippen molar-refractivity contribution in [2.75, 3.05) is 18.8 Å². The summed E-state index contributed by atoms with van der Waals surface area (Å²) in [6.45, 7) is 1.04. The minimum absolute atomic E-state index is 0.217. The number of amides is 2. The van der Waals surface area contributed by atoms with E-state index in [9.17, 15) is 9.59 Å². The fourth-order valence-electron chi connectivity index (χ4n) is 1.14. The molecule has 0 fully saturated rings. The largest absolute Gasteiger partial charge is 0.397 e. The average molecular weight is 222 g/mol. The minimum atomic E-state index is -0.217. The lowest BCUT2D eigenvalue weighted by Crippen LogP contribution is -2.27. The van der Waals surface area contributed by atoms with E-state index < -0.39 is 0 Å². The number of nitrogen functional groups attached to an aromatic ring is 1. The van der Waals surface area contributed by atoms with E-state index in [-0.39, 0.29) is 5.91 Å². The van der Waals surface area contributed by atoms with Crippen LogP contribution in [0.2, 0.25) is 0 Å². The number of nitrogens with zero attached hydrogens (tertiary/aromatic N) is 1. The maximum absolute atomic E-state index is 11.5. The summed E-state index contributed by atoms with van der Waals surface area (Å²) < 4.78 is 0. The van der Waals surface area contributed by atoms with Gasteiger partial charge in [-0.05, 0) is 12.5 Å². The summed E-state index contributed by atoms with van der Waals surface area (Å²) in [7, 11) is 0. The van der Waals surface area contributed by atoms with Crippen molar-refractivity contribution in [2.45, 2.75) is 6.42 Å². The number of aromatic nitrogens is 1. The first kappa shape index (κ1) is 12.0. The van der Waals surface area contributed by atoms with Crippen molar-refractivity contribution in [3.63, 3.8) is 0 Å². The number of hydrogen-bond donors (Lipinski definition) is 3. The van der Waals surface area contributed by atoms with Crippen LogP contribution in [-0.4, -0.2) is 30.4 Å². The summed E-state index contributed by atoms with van der Waals surface area (Å²) in [6.07, 6.45) is 4.24. The molecule has 0 aromatic carbocycles. The van der Waals surface area contributed by atoms with Crippen LogP contribution in [-0.2, 0) is 4.79 Å². The van der Waals surface area contributed by atoms with Crippen LogP contribution in [0.15, 0.2) is 18.5 Å². The number of carbonyl (C=O) groups excluding carboxylic acids is 2. The fourth-order valence-corrected chi connectivity index (χ4v) is 1.14. The molecule has 4 N–H and O–H groups in total. The second kappa shape index (κ2) is 6.39. The zero-order valence-electron chi connectivity index (χ0n) is 8.77. The van der Waals surface area contributed by atoms with Crippen molar-refractivity contribution in [2.24, 2.45) is 0 Å². The lowest BCUT2D eigenvalue weighted by atomic mass is 10.2. The van der Waals surface area contributed by atoms with E-state index in [0.29, 0.717) is 37.2 Å². The molecule has 0 saturated carbocycles. The molecule has 2 amide bonds. The Balaban J connectivity index is 2.32. The number of anilines is 1. The molecule has 0 saturated heterocycles. The lowest BCUT2D eigenvalue weighted by molar-refractivity contribution is -0.109. The maximum Gasteiger partial charge on any atom is 0.252 e. The summed E-state index contributed by atoms with van der Waals surface area (Å²) in [5.74, 6) is -0.217. The molecule has 0 unspecified atom stereocenters. The van der Waals surface area contributed by atoms with Crippen LogP contribution >= 0.6 is 0 Å². The quantitative estimate of drug-likeness (QED) is 0.447. The SMILES string of the molecule is Nc1cncc(C(=O)NCCCNC=O)c1. The highest BCUT2D eigenvalue weighted by molar-refractivity contribution is 5.94. The van der Waals surface area contributed by atoms with Crippen molar-refractivity contribution < 1.29 is 9.59 Å². The van der Waals surface area contributed by atoms with Crippen molar-refractivity contribution in [3.8, 4) is 0 Å². The molecule has 0 aliphatic carbocycles. The Labute approximate surface area is 93.2 Å². The van der Waals surface area contributed by atoms with E-state index >= 15 is 0 Å². The molecule has 6 heteroatoms. The standard InChI is InChI=1S/C10H14N4O2/c11-9-4-8(5-13-6-9)10(16)14-3-1-2-12-7-15/h4-7H,1-3,11H2,(H,12,15)(H,14,16). The predicted molar refractivity (Wildman–Crippen MR) is 59.7 cm³/mol. The molecule has 0 aliphatic heterocycles. The Morgan fingerprint density at radius 2 is 2.25 bits per heavy atom. The third kappa shape index (κ3) is 3.95. The molecule has 1 aromatic rings. The van der Waals surface area contributed by atoms with Gasteiger partial charge in [0.15, 0.2) is 0 Å². The molecular weight excluding hydrogens is 208 g/mol. The van der Waals surface area contributed by atoms with Gasteiger partial charge in [-0.25, -0.2) is 0 Å². The maximum atomic E-state index is 11.5. The van der Waals surface area contributed by atoms with Crippen molar-refractivity contribution >= 4 is 18.0 Å². The summed E-state index contributed by atoms with van der Waals surface area (Å²) >= 11 is 0. The Hall–Kier alpha value is -2.11. The monoisotopic (exact) mass is 222 g/mol. The molecular formula is C10H14N4O2. The van der Waals surface area contributed by atoms with Crippen molar-refractivity contribution in [1.82, 2.24) is 15.6 Å². The Morgan fingerprint density at radius 3 is 2.94 bits per heavy atom. The molecule has 0 aliphatic rings. The topological polar surface area (TPSA) is 97.1 Å². The van der Waals surface area contributed by atoms with Crippen molar-refractivity contribution in [1.29, 1.82) is 0 Å². The third-order valence-electron chi connectivity index (χ3n) is 1.89. The van der Waals surface area contributed by atoms with E-state index in [1.807, 2.05) is 0 Å². The number of pyridine rings is 1. The molecule has 6 nitrogen and oxygen atoms in total. The number of nitrogens with two attached hydrogens (primary N) is 1. The van der Waals surface area contributed by atoms with Crippen LogP contribution in [0.4, 0.5) is 5.69 Å². The first-order valence-corrected chi connectivity index (χ1v) is 4.90. The minimum Gasteiger partial charge on any atom is -0.397 e. The first-order valence-electron chi connectivity index (χ1n) is 4.90. The molecule has 0 atom stereocenters. The Kier molecular flexibility index (Phi) is 4.78. The molecule has 0 radical (unpaired) electrons. The van der Waals surface area contributed by atoms with Gasteiger partial charge in [-0.1, -0.05) is 0 Å². The van der Waals surface area contributed by atoms with Gasteiger partial charge in [-0.15, -0.1) is 0 Å². The first-order chi connectivity index (χ1) is 7.74. The van der Waals surface area contributed by atoms with Crippen LogP contribution < -0.4 is 16.4 Å². The van der Waals surface area contributed by atoms with Crippen LogP contribution in [0, 0.1) is 0 Å². The predicted octanol–water partition coefficient (Wildman–Crippen LogP) is -0.470. The molecule has 86 valence electrons. The van der Waals surface area contributed by atoms with E-state index in [1.165, 1.54) is 12.4 Å². The summed E-state index contributed by atoms with van der Waals surface area (Å²) in [4.78, 5) is 25.3. The zero-order valence-corrected chi connectivity index (χ0v) is 8.77. The van der Waals surface area contributed by atoms with E-state index in [2.05, 4.69) is 15.6 Å². The van der Waals surface area contributed by atoms with E-state index in [1.54, 1.807) is 6.07 Å².